The molecule has 3 atom stereocenters. The van der Waals surface area contributed by atoms with E-state index in [1.807, 2.05) is 18.2 Å². The molecule has 3 nitrogen and oxygen atoms in total. The van der Waals surface area contributed by atoms with Crippen LogP contribution in [0.3, 0.4) is 0 Å². The van der Waals surface area contributed by atoms with Crippen molar-refractivity contribution in [3.05, 3.63) is 64.8 Å². The van der Waals surface area contributed by atoms with Gasteiger partial charge in [-0.2, -0.15) is 0 Å². The Bertz CT molecular complexity index is 1080. The van der Waals surface area contributed by atoms with Crippen LogP contribution in [0.25, 0.3) is 5.57 Å². The molecule has 0 fully saturated rings. The maximum absolute atomic E-state index is 11.3. The van der Waals surface area contributed by atoms with Gasteiger partial charge >= 0.3 is 0 Å². The van der Waals surface area contributed by atoms with E-state index in [1.165, 1.54) is 24.0 Å². The van der Waals surface area contributed by atoms with Crippen LogP contribution in [0.5, 0.6) is 11.5 Å². The second-order valence-corrected chi connectivity index (χ2v) is 13.0. The van der Waals surface area contributed by atoms with Crippen LogP contribution < -0.4 is 9.47 Å². The van der Waals surface area contributed by atoms with Gasteiger partial charge in [0.25, 0.3) is 0 Å². The lowest BCUT2D eigenvalue weighted by Gasteiger charge is -2.43. The summed E-state index contributed by atoms with van der Waals surface area (Å²) in [6, 6.07) is 5.67. The number of hydrogen-bond acceptors (Lipinski definition) is 3. The first kappa shape index (κ1) is 30.3. The Morgan fingerprint density at radius 3 is 2.21 bits per heavy atom. The summed E-state index contributed by atoms with van der Waals surface area (Å²) in [6.45, 7) is 20.7. The molecule has 0 amide bonds. The van der Waals surface area contributed by atoms with Gasteiger partial charge in [0, 0.05) is 0 Å². The maximum atomic E-state index is 11.3. The molecule has 1 aromatic rings. The lowest BCUT2D eigenvalue weighted by Crippen LogP contribution is -2.30. The molecule has 1 N–H and O–H groups in total. The minimum Gasteiger partial charge on any atom is -0.496 e. The Labute approximate surface area is 232 Å². The number of aliphatic hydroxyl groups excluding tert-OH is 1. The van der Waals surface area contributed by atoms with E-state index < -0.39 is 6.10 Å². The standard InChI is InChI=1S/C35H52O3/c1-11-26(17-15-24(3)33(36)25(4)32-30(37-9)13-12-14-31(32)38-10)21-27-22-29-28(18-16-23(27)2)34(5,6)19-20-35(29,7)8/h12-14,16,22,24,26,33,36H,4,11,15,17-21H2,1-3,5-10H3/t24-,26+,33-/m1/s1. The van der Waals surface area contributed by atoms with Gasteiger partial charge in [0.1, 0.15) is 11.5 Å². The van der Waals surface area contributed by atoms with Gasteiger partial charge in [-0.3, -0.25) is 0 Å². The average molecular weight is 521 g/mol. The average Bonchev–Trinajstić information content (AvgIpc) is 3.07. The van der Waals surface area contributed by atoms with E-state index in [1.54, 1.807) is 25.4 Å². The second kappa shape index (κ2) is 12.3. The molecule has 210 valence electrons. The van der Waals surface area contributed by atoms with Crippen molar-refractivity contribution >= 4 is 5.57 Å². The molecule has 0 saturated heterocycles. The highest BCUT2D eigenvalue weighted by molar-refractivity contribution is 5.76. The van der Waals surface area contributed by atoms with Crippen LogP contribution in [0.1, 0.15) is 99.0 Å². The fraction of sp³-hybridized carbons (Fsp3) is 0.600. The first-order chi connectivity index (χ1) is 17.9. The van der Waals surface area contributed by atoms with Crippen LogP contribution in [0, 0.1) is 22.7 Å². The minimum atomic E-state index is -0.658. The SMILES string of the molecule is C=C(c1c(OC)cccc1OC)[C@H](O)[C@H](C)CC[C@H](CC)CC1=CC2=C(CC=C1C)C(C)(C)CCC2(C)C. The van der Waals surface area contributed by atoms with E-state index in [4.69, 9.17) is 9.47 Å². The Kier molecular flexibility index (Phi) is 9.79. The van der Waals surface area contributed by atoms with Crippen LogP contribution in [0.2, 0.25) is 0 Å². The van der Waals surface area contributed by atoms with Gasteiger partial charge < -0.3 is 14.6 Å². The van der Waals surface area contributed by atoms with Crippen molar-refractivity contribution in [3.8, 4) is 11.5 Å². The van der Waals surface area contributed by atoms with Crippen molar-refractivity contribution in [3.63, 3.8) is 0 Å². The van der Waals surface area contributed by atoms with Crippen LogP contribution in [0.15, 0.2) is 59.2 Å². The van der Waals surface area contributed by atoms with Crippen LogP contribution >= 0.6 is 0 Å². The molecule has 0 saturated carbocycles. The molecule has 38 heavy (non-hydrogen) atoms. The highest BCUT2D eigenvalue weighted by atomic mass is 16.5. The molecule has 0 radical (unpaired) electrons. The van der Waals surface area contributed by atoms with E-state index >= 15 is 0 Å². The summed E-state index contributed by atoms with van der Waals surface area (Å²) < 4.78 is 11.1. The zero-order valence-corrected chi connectivity index (χ0v) is 25.5. The number of benzene rings is 1. The Hall–Kier alpha value is -2.26. The highest BCUT2D eigenvalue weighted by Crippen LogP contribution is 2.52. The highest BCUT2D eigenvalue weighted by Gasteiger charge is 2.38. The number of ether oxygens (including phenoxy) is 2. The van der Waals surface area contributed by atoms with Gasteiger partial charge in [-0.15, -0.1) is 0 Å². The fourth-order valence-corrected chi connectivity index (χ4v) is 6.32. The third-order valence-corrected chi connectivity index (χ3v) is 9.44. The summed E-state index contributed by atoms with van der Waals surface area (Å²) in [5, 5.41) is 11.3. The molecule has 3 heteroatoms. The van der Waals surface area contributed by atoms with Crippen molar-refractivity contribution in [1.82, 2.24) is 0 Å². The molecule has 0 spiro atoms. The van der Waals surface area contributed by atoms with Crippen molar-refractivity contribution < 1.29 is 14.6 Å². The van der Waals surface area contributed by atoms with Crippen molar-refractivity contribution in [2.75, 3.05) is 14.2 Å². The third kappa shape index (κ3) is 6.47. The maximum Gasteiger partial charge on any atom is 0.130 e. The molecule has 3 rings (SSSR count). The molecule has 1 aromatic carbocycles. The topological polar surface area (TPSA) is 38.7 Å². The monoisotopic (exact) mass is 520 g/mol. The van der Waals surface area contributed by atoms with E-state index in [9.17, 15) is 5.11 Å². The van der Waals surface area contributed by atoms with Crippen molar-refractivity contribution in [2.24, 2.45) is 22.7 Å². The zero-order chi connectivity index (χ0) is 28.3. The number of methoxy groups -OCH3 is 2. The first-order valence-corrected chi connectivity index (χ1v) is 14.6. The van der Waals surface area contributed by atoms with Gasteiger partial charge in [0.15, 0.2) is 0 Å². The zero-order valence-electron chi connectivity index (χ0n) is 25.5. The van der Waals surface area contributed by atoms with Gasteiger partial charge in [-0.05, 0) is 97.0 Å². The Balaban J connectivity index is 1.74. The second-order valence-electron chi connectivity index (χ2n) is 13.0. The minimum absolute atomic E-state index is 0.0818. The van der Waals surface area contributed by atoms with Crippen LogP contribution in [0.4, 0.5) is 0 Å². The summed E-state index contributed by atoms with van der Waals surface area (Å²) in [6.07, 6.45) is 12.2. The number of aliphatic hydroxyl groups is 1. The predicted molar refractivity (Wildman–Crippen MR) is 162 cm³/mol. The normalized spacial score (nSPS) is 20.9. The third-order valence-electron chi connectivity index (χ3n) is 9.44. The van der Waals surface area contributed by atoms with Gasteiger partial charge in [0.05, 0.1) is 25.9 Å². The molecular formula is C35H52O3. The molecular weight excluding hydrogens is 468 g/mol. The summed E-state index contributed by atoms with van der Waals surface area (Å²) in [5.74, 6) is 2.02. The first-order valence-electron chi connectivity index (χ1n) is 14.6. The lowest BCUT2D eigenvalue weighted by molar-refractivity contribution is 0.159. The molecule has 2 aliphatic rings. The van der Waals surface area contributed by atoms with Gasteiger partial charge in [-0.1, -0.05) is 83.9 Å². The molecule has 0 aromatic heterocycles. The van der Waals surface area contributed by atoms with Crippen molar-refractivity contribution in [1.29, 1.82) is 0 Å². The lowest BCUT2D eigenvalue weighted by atomic mass is 9.62. The number of rotatable bonds is 11. The predicted octanol–water partition coefficient (Wildman–Crippen LogP) is 9.33. The van der Waals surface area contributed by atoms with Gasteiger partial charge in [0.2, 0.25) is 0 Å². The Morgan fingerprint density at radius 1 is 1.03 bits per heavy atom. The Morgan fingerprint density at radius 2 is 1.63 bits per heavy atom. The molecule has 0 aliphatic heterocycles. The summed E-state index contributed by atoms with van der Waals surface area (Å²) in [7, 11) is 3.28. The molecule has 0 unspecified atom stereocenters. The summed E-state index contributed by atoms with van der Waals surface area (Å²) in [5.41, 5.74) is 8.08. The molecule has 2 aliphatic carbocycles. The van der Waals surface area contributed by atoms with E-state index in [-0.39, 0.29) is 16.7 Å². The van der Waals surface area contributed by atoms with E-state index in [0.717, 1.165) is 37.7 Å². The molecule has 0 heterocycles. The van der Waals surface area contributed by atoms with Crippen molar-refractivity contribution in [2.45, 2.75) is 99.5 Å². The summed E-state index contributed by atoms with van der Waals surface area (Å²) >= 11 is 0. The fourth-order valence-electron chi connectivity index (χ4n) is 6.32. The quantitative estimate of drug-likeness (QED) is 0.316. The molecule has 0 bridgehead atoms. The smallest absolute Gasteiger partial charge is 0.130 e. The van der Waals surface area contributed by atoms with Crippen LogP contribution in [-0.4, -0.2) is 25.4 Å². The number of hydrogen-bond donors (Lipinski definition) is 1. The van der Waals surface area contributed by atoms with E-state index in [2.05, 4.69) is 67.2 Å². The van der Waals surface area contributed by atoms with Crippen LogP contribution in [-0.2, 0) is 0 Å². The largest absolute Gasteiger partial charge is 0.496 e. The van der Waals surface area contributed by atoms with Gasteiger partial charge in [-0.25, -0.2) is 0 Å². The van der Waals surface area contributed by atoms with E-state index in [0.29, 0.717) is 23.0 Å². The summed E-state index contributed by atoms with van der Waals surface area (Å²) in [4.78, 5) is 0. The number of allylic oxidation sites excluding steroid dienone is 6.